The number of aromatic amines is 1. The molecule has 1 aromatic carbocycles. The van der Waals surface area contributed by atoms with Gasteiger partial charge in [-0.1, -0.05) is 30.3 Å². The number of H-pyrrole nitrogens is 1. The largest absolute Gasteiger partial charge is 0.330 e. The standard InChI is InChI=1S/C11H14N4O2S/c1-15(9-10-5-3-2-4-6-10)18(16,17)14-11-12-7-8-13-11/h2-8H,9H2,1H3,(H2,12,13,14). The second-order valence-corrected chi connectivity index (χ2v) is 5.56. The molecule has 0 atom stereocenters. The number of nitrogens with one attached hydrogen (secondary N) is 2. The van der Waals surface area contributed by atoms with Crippen LogP contribution >= 0.6 is 0 Å². The fourth-order valence-electron chi connectivity index (χ4n) is 1.45. The van der Waals surface area contributed by atoms with Gasteiger partial charge < -0.3 is 4.98 Å². The minimum absolute atomic E-state index is 0.204. The Hall–Kier alpha value is -1.86. The molecule has 0 spiro atoms. The van der Waals surface area contributed by atoms with E-state index < -0.39 is 10.2 Å². The highest BCUT2D eigenvalue weighted by atomic mass is 32.2. The Morgan fingerprint density at radius 1 is 1.33 bits per heavy atom. The van der Waals surface area contributed by atoms with Crippen LogP contribution in [0.25, 0.3) is 0 Å². The SMILES string of the molecule is CN(Cc1ccccc1)S(=O)(=O)Nc1ncc[nH]1. The highest BCUT2D eigenvalue weighted by Gasteiger charge is 2.18. The quantitative estimate of drug-likeness (QED) is 0.853. The molecule has 1 heterocycles. The van der Waals surface area contributed by atoms with Crippen LogP contribution in [0.1, 0.15) is 5.56 Å². The maximum atomic E-state index is 12.0. The minimum atomic E-state index is -3.59. The molecule has 0 saturated carbocycles. The van der Waals surface area contributed by atoms with Gasteiger partial charge in [-0.3, -0.25) is 0 Å². The van der Waals surface area contributed by atoms with Gasteiger partial charge in [-0.15, -0.1) is 0 Å². The molecule has 7 heteroatoms. The summed E-state index contributed by atoms with van der Waals surface area (Å²) >= 11 is 0. The maximum absolute atomic E-state index is 12.0. The van der Waals surface area contributed by atoms with Crippen molar-refractivity contribution in [1.29, 1.82) is 0 Å². The van der Waals surface area contributed by atoms with Crippen molar-refractivity contribution >= 4 is 16.2 Å². The lowest BCUT2D eigenvalue weighted by Gasteiger charge is -2.17. The third-order valence-electron chi connectivity index (χ3n) is 2.38. The van der Waals surface area contributed by atoms with Crippen LogP contribution in [-0.2, 0) is 16.8 Å². The Morgan fingerprint density at radius 2 is 2.06 bits per heavy atom. The molecule has 2 aromatic rings. The molecular formula is C11H14N4O2S. The Bertz CT molecular complexity index is 581. The fraction of sp³-hybridized carbons (Fsp3) is 0.182. The summed E-state index contributed by atoms with van der Waals surface area (Å²) in [6, 6.07) is 9.38. The third-order valence-corrected chi connectivity index (χ3v) is 3.78. The Kier molecular flexibility index (Phi) is 3.63. The minimum Gasteiger partial charge on any atom is -0.330 e. The van der Waals surface area contributed by atoms with Crippen LogP contribution in [0.4, 0.5) is 5.95 Å². The second kappa shape index (κ2) is 5.19. The summed E-state index contributed by atoms with van der Waals surface area (Å²) in [5, 5.41) is 0. The molecule has 0 aliphatic carbocycles. The zero-order chi connectivity index (χ0) is 13.0. The number of hydrogen-bond acceptors (Lipinski definition) is 3. The molecule has 0 aliphatic rings. The van der Waals surface area contributed by atoms with E-state index >= 15 is 0 Å². The predicted molar refractivity (Wildman–Crippen MR) is 69.0 cm³/mol. The van der Waals surface area contributed by atoms with Crippen molar-refractivity contribution < 1.29 is 8.42 Å². The smallest absolute Gasteiger partial charge is 0.303 e. The predicted octanol–water partition coefficient (Wildman–Crippen LogP) is 1.20. The zero-order valence-corrected chi connectivity index (χ0v) is 10.7. The van der Waals surface area contributed by atoms with Crippen molar-refractivity contribution in [2.75, 3.05) is 11.8 Å². The number of benzene rings is 1. The van der Waals surface area contributed by atoms with E-state index in [0.717, 1.165) is 5.56 Å². The van der Waals surface area contributed by atoms with E-state index in [2.05, 4.69) is 14.7 Å². The lowest BCUT2D eigenvalue weighted by Crippen LogP contribution is -2.32. The van der Waals surface area contributed by atoms with Gasteiger partial charge in [0.1, 0.15) is 0 Å². The number of aromatic nitrogens is 2. The van der Waals surface area contributed by atoms with Crippen LogP contribution in [-0.4, -0.2) is 29.7 Å². The van der Waals surface area contributed by atoms with Crippen LogP contribution < -0.4 is 4.72 Å². The van der Waals surface area contributed by atoms with Gasteiger partial charge in [0, 0.05) is 26.0 Å². The number of hydrogen-bond donors (Lipinski definition) is 2. The van der Waals surface area contributed by atoms with Crippen LogP contribution in [0.2, 0.25) is 0 Å². The lowest BCUT2D eigenvalue weighted by atomic mass is 10.2. The van der Waals surface area contributed by atoms with Crippen molar-refractivity contribution in [3.63, 3.8) is 0 Å². The average molecular weight is 266 g/mol. The van der Waals surface area contributed by atoms with Crippen molar-refractivity contribution in [3.05, 3.63) is 48.3 Å². The van der Waals surface area contributed by atoms with Gasteiger partial charge in [0.05, 0.1) is 0 Å². The Labute approximate surface area is 106 Å². The topological polar surface area (TPSA) is 78.1 Å². The van der Waals surface area contributed by atoms with E-state index in [-0.39, 0.29) is 5.95 Å². The summed E-state index contributed by atoms with van der Waals surface area (Å²) in [7, 11) is -2.08. The van der Waals surface area contributed by atoms with Crippen LogP contribution in [0.15, 0.2) is 42.7 Å². The summed E-state index contributed by atoms with van der Waals surface area (Å²) in [5.74, 6) is 0.204. The Balaban J connectivity index is 2.06. The van der Waals surface area contributed by atoms with Gasteiger partial charge in [-0.05, 0) is 5.56 Å². The van der Waals surface area contributed by atoms with E-state index in [9.17, 15) is 8.42 Å². The fourth-order valence-corrected chi connectivity index (χ4v) is 2.28. The van der Waals surface area contributed by atoms with E-state index in [1.54, 1.807) is 6.20 Å². The number of rotatable bonds is 5. The molecule has 0 bridgehead atoms. The highest BCUT2D eigenvalue weighted by molar-refractivity contribution is 7.90. The molecule has 2 N–H and O–H groups in total. The molecule has 0 radical (unpaired) electrons. The van der Waals surface area contributed by atoms with Gasteiger partial charge >= 0.3 is 10.2 Å². The molecule has 96 valence electrons. The van der Waals surface area contributed by atoms with E-state index in [1.807, 2.05) is 30.3 Å². The lowest BCUT2D eigenvalue weighted by molar-refractivity contribution is 0.471. The average Bonchev–Trinajstić information content (AvgIpc) is 2.82. The summed E-state index contributed by atoms with van der Waals surface area (Å²) in [4.78, 5) is 6.50. The Morgan fingerprint density at radius 3 is 2.67 bits per heavy atom. The molecule has 0 aliphatic heterocycles. The van der Waals surface area contributed by atoms with Gasteiger partial charge in [0.15, 0.2) is 0 Å². The first-order chi connectivity index (χ1) is 8.58. The van der Waals surface area contributed by atoms with Gasteiger partial charge in [0.25, 0.3) is 0 Å². The molecule has 0 amide bonds. The molecule has 0 fully saturated rings. The molecule has 1 aromatic heterocycles. The van der Waals surface area contributed by atoms with Gasteiger partial charge in [-0.25, -0.2) is 9.71 Å². The van der Waals surface area contributed by atoms with Crippen LogP contribution in [0, 0.1) is 0 Å². The summed E-state index contributed by atoms with van der Waals surface area (Å²) < 4.78 is 27.5. The first kappa shape index (κ1) is 12.6. The first-order valence-electron chi connectivity index (χ1n) is 5.35. The maximum Gasteiger partial charge on any atom is 0.303 e. The zero-order valence-electron chi connectivity index (χ0n) is 9.87. The number of imidazole rings is 1. The number of nitrogens with zero attached hydrogens (tertiary/aromatic N) is 2. The summed E-state index contributed by atoms with van der Waals surface area (Å²) in [6.07, 6.45) is 3.03. The van der Waals surface area contributed by atoms with Crippen molar-refractivity contribution in [2.24, 2.45) is 0 Å². The van der Waals surface area contributed by atoms with Crippen molar-refractivity contribution in [3.8, 4) is 0 Å². The molecular weight excluding hydrogens is 252 g/mol. The van der Waals surface area contributed by atoms with Crippen LogP contribution in [0.5, 0.6) is 0 Å². The highest BCUT2D eigenvalue weighted by Crippen LogP contribution is 2.09. The molecule has 18 heavy (non-hydrogen) atoms. The molecule has 0 saturated heterocycles. The summed E-state index contributed by atoms with van der Waals surface area (Å²) in [5.41, 5.74) is 0.921. The third kappa shape index (κ3) is 3.08. The van der Waals surface area contributed by atoms with E-state index in [0.29, 0.717) is 6.54 Å². The van der Waals surface area contributed by atoms with Crippen molar-refractivity contribution in [1.82, 2.24) is 14.3 Å². The van der Waals surface area contributed by atoms with Gasteiger partial charge in [0.2, 0.25) is 5.95 Å². The summed E-state index contributed by atoms with van der Waals surface area (Å²) in [6.45, 7) is 0.302. The number of anilines is 1. The van der Waals surface area contributed by atoms with E-state index in [1.165, 1.54) is 17.5 Å². The van der Waals surface area contributed by atoms with Crippen LogP contribution in [0.3, 0.4) is 0 Å². The van der Waals surface area contributed by atoms with Gasteiger partial charge in [-0.2, -0.15) is 12.7 Å². The normalized spacial score (nSPS) is 11.7. The molecule has 0 unspecified atom stereocenters. The van der Waals surface area contributed by atoms with Crippen molar-refractivity contribution in [2.45, 2.75) is 6.54 Å². The second-order valence-electron chi connectivity index (χ2n) is 3.79. The van der Waals surface area contributed by atoms with E-state index in [4.69, 9.17) is 0 Å². The monoisotopic (exact) mass is 266 g/mol. The molecule has 2 rings (SSSR count). The molecule has 6 nitrogen and oxygen atoms in total. The first-order valence-corrected chi connectivity index (χ1v) is 6.79.